The SMILES string of the molecule is COc1cc2c(cc1/C=N/Nc1ccc([N+](=O)[O-])cc1[N+](=O)[O-])OCO2. The molecule has 3 rings (SSSR count). The van der Waals surface area contributed by atoms with Crippen molar-refractivity contribution in [3.8, 4) is 17.2 Å². The van der Waals surface area contributed by atoms with Crippen molar-refractivity contribution in [1.82, 2.24) is 0 Å². The highest BCUT2D eigenvalue weighted by molar-refractivity contribution is 5.86. The molecule has 26 heavy (non-hydrogen) atoms. The summed E-state index contributed by atoms with van der Waals surface area (Å²) in [6.45, 7) is 0.103. The Kier molecular flexibility index (Phi) is 4.51. The van der Waals surface area contributed by atoms with E-state index in [9.17, 15) is 20.2 Å². The fourth-order valence-corrected chi connectivity index (χ4v) is 2.27. The fraction of sp³-hybridized carbons (Fsp3) is 0.133. The molecule has 2 aromatic rings. The van der Waals surface area contributed by atoms with E-state index < -0.39 is 15.5 Å². The van der Waals surface area contributed by atoms with Crippen LogP contribution in [0.1, 0.15) is 5.56 Å². The fourth-order valence-electron chi connectivity index (χ4n) is 2.27. The van der Waals surface area contributed by atoms with Crippen LogP contribution >= 0.6 is 0 Å². The van der Waals surface area contributed by atoms with Gasteiger partial charge >= 0.3 is 5.69 Å². The van der Waals surface area contributed by atoms with E-state index in [1.807, 2.05) is 0 Å². The number of rotatable bonds is 6. The normalized spacial score (nSPS) is 12.2. The Morgan fingerprint density at radius 1 is 1.15 bits per heavy atom. The van der Waals surface area contributed by atoms with E-state index in [4.69, 9.17) is 14.2 Å². The summed E-state index contributed by atoms with van der Waals surface area (Å²) in [6.07, 6.45) is 1.38. The molecule has 1 N–H and O–H groups in total. The van der Waals surface area contributed by atoms with E-state index in [-0.39, 0.29) is 18.2 Å². The van der Waals surface area contributed by atoms with Gasteiger partial charge in [0.1, 0.15) is 11.4 Å². The lowest BCUT2D eigenvalue weighted by Gasteiger charge is -2.06. The highest BCUT2D eigenvalue weighted by atomic mass is 16.7. The summed E-state index contributed by atoms with van der Waals surface area (Å²) in [6, 6.07) is 6.50. The van der Waals surface area contributed by atoms with Crippen LogP contribution in [0.4, 0.5) is 17.1 Å². The lowest BCUT2D eigenvalue weighted by atomic mass is 10.2. The van der Waals surface area contributed by atoms with Crippen LogP contribution in [0.3, 0.4) is 0 Å². The molecule has 0 aliphatic carbocycles. The molecule has 0 saturated heterocycles. The molecule has 0 saturated carbocycles. The topological polar surface area (TPSA) is 138 Å². The maximum atomic E-state index is 11.1. The van der Waals surface area contributed by atoms with Gasteiger partial charge in [-0.3, -0.25) is 25.7 Å². The average molecular weight is 360 g/mol. The molecular formula is C15H12N4O7. The molecule has 0 spiro atoms. The molecule has 1 heterocycles. The Labute approximate surface area is 146 Å². The summed E-state index contributed by atoms with van der Waals surface area (Å²) in [5.74, 6) is 1.53. The van der Waals surface area contributed by atoms with E-state index in [1.54, 1.807) is 12.1 Å². The molecule has 0 unspecified atom stereocenters. The highest BCUT2D eigenvalue weighted by Crippen LogP contribution is 2.37. The summed E-state index contributed by atoms with van der Waals surface area (Å²) in [7, 11) is 1.48. The Bertz CT molecular complexity index is 913. The molecule has 2 aromatic carbocycles. The van der Waals surface area contributed by atoms with Gasteiger partial charge in [0.2, 0.25) is 6.79 Å². The van der Waals surface area contributed by atoms with Gasteiger partial charge in [-0.1, -0.05) is 0 Å². The van der Waals surface area contributed by atoms with Crippen molar-refractivity contribution >= 4 is 23.3 Å². The standard InChI is InChI=1S/C15H12N4O7/c1-24-13-6-15-14(25-8-26-15)4-9(13)7-16-17-11-3-2-10(18(20)21)5-12(11)19(22)23/h2-7,17H,8H2,1H3/b16-7+. The number of methoxy groups -OCH3 is 1. The number of nitrogens with one attached hydrogen (secondary N) is 1. The molecule has 0 bridgehead atoms. The summed E-state index contributed by atoms with van der Waals surface area (Å²) >= 11 is 0. The van der Waals surface area contributed by atoms with Gasteiger partial charge in [0.15, 0.2) is 11.5 Å². The largest absolute Gasteiger partial charge is 0.496 e. The molecule has 0 aromatic heterocycles. The number of hydrogen-bond acceptors (Lipinski definition) is 9. The highest BCUT2D eigenvalue weighted by Gasteiger charge is 2.20. The predicted octanol–water partition coefficient (Wildman–Crippen LogP) is 2.69. The van der Waals surface area contributed by atoms with Crippen molar-refractivity contribution in [2.24, 2.45) is 5.10 Å². The quantitative estimate of drug-likeness (QED) is 0.471. The number of benzene rings is 2. The minimum atomic E-state index is -0.730. The third-order valence-electron chi connectivity index (χ3n) is 3.50. The average Bonchev–Trinajstić information content (AvgIpc) is 3.08. The molecule has 0 radical (unpaired) electrons. The lowest BCUT2D eigenvalue weighted by molar-refractivity contribution is -0.393. The lowest BCUT2D eigenvalue weighted by Crippen LogP contribution is -1.99. The van der Waals surface area contributed by atoms with Crippen LogP contribution in [0.15, 0.2) is 35.4 Å². The van der Waals surface area contributed by atoms with Crippen molar-refractivity contribution in [1.29, 1.82) is 0 Å². The number of nitrogens with zero attached hydrogens (tertiary/aromatic N) is 3. The zero-order valence-electron chi connectivity index (χ0n) is 13.4. The van der Waals surface area contributed by atoms with Crippen molar-refractivity contribution in [2.75, 3.05) is 19.3 Å². The van der Waals surface area contributed by atoms with Crippen LogP contribution in [0.25, 0.3) is 0 Å². The van der Waals surface area contributed by atoms with Gasteiger partial charge in [-0.15, -0.1) is 0 Å². The van der Waals surface area contributed by atoms with Crippen LogP contribution in [0, 0.1) is 20.2 Å². The molecular weight excluding hydrogens is 348 g/mol. The Hall–Kier alpha value is -3.89. The zero-order chi connectivity index (χ0) is 18.7. The second-order valence-corrected chi connectivity index (χ2v) is 5.03. The first-order valence-electron chi connectivity index (χ1n) is 7.19. The van der Waals surface area contributed by atoms with Gasteiger partial charge in [0.05, 0.1) is 29.2 Å². The minimum absolute atomic E-state index is 0.0107. The predicted molar refractivity (Wildman–Crippen MR) is 90.1 cm³/mol. The second kappa shape index (κ2) is 6.93. The van der Waals surface area contributed by atoms with Gasteiger partial charge in [-0.05, 0) is 12.1 Å². The Balaban J connectivity index is 1.85. The number of ether oxygens (including phenoxy) is 3. The third-order valence-corrected chi connectivity index (χ3v) is 3.50. The summed E-state index contributed by atoms with van der Waals surface area (Å²) in [4.78, 5) is 20.4. The number of fused-ring (bicyclic) bond motifs is 1. The molecule has 0 atom stereocenters. The van der Waals surface area contributed by atoms with Crippen LogP contribution in [-0.2, 0) is 0 Å². The number of hydrogen-bond donors (Lipinski definition) is 1. The van der Waals surface area contributed by atoms with E-state index >= 15 is 0 Å². The summed E-state index contributed by atoms with van der Waals surface area (Å²) < 4.78 is 15.8. The summed E-state index contributed by atoms with van der Waals surface area (Å²) in [5, 5.41) is 25.8. The van der Waals surface area contributed by atoms with Gasteiger partial charge < -0.3 is 14.2 Å². The number of nitro groups is 2. The molecule has 11 nitrogen and oxygen atoms in total. The van der Waals surface area contributed by atoms with Crippen LogP contribution < -0.4 is 19.6 Å². The minimum Gasteiger partial charge on any atom is -0.496 e. The first-order valence-corrected chi connectivity index (χ1v) is 7.19. The van der Waals surface area contributed by atoms with Crippen LogP contribution in [0.2, 0.25) is 0 Å². The van der Waals surface area contributed by atoms with Crippen LogP contribution in [0.5, 0.6) is 17.2 Å². The number of hydrazone groups is 1. The Morgan fingerprint density at radius 2 is 1.88 bits per heavy atom. The maximum Gasteiger partial charge on any atom is 0.301 e. The van der Waals surface area contributed by atoms with E-state index in [0.29, 0.717) is 22.8 Å². The monoisotopic (exact) mass is 360 g/mol. The van der Waals surface area contributed by atoms with E-state index in [0.717, 1.165) is 12.1 Å². The Morgan fingerprint density at radius 3 is 2.54 bits per heavy atom. The molecule has 1 aliphatic rings. The molecule has 0 fully saturated rings. The van der Waals surface area contributed by atoms with Crippen LogP contribution in [-0.4, -0.2) is 30.0 Å². The molecule has 1 aliphatic heterocycles. The number of anilines is 1. The number of nitro benzene ring substituents is 2. The molecule has 0 amide bonds. The first kappa shape index (κ1) is 17.0. The van der Waals surface area contributed by atoms with E-state index in [1.165, 1.54) is 19.4 Å². The van der Waals surface area contributed by atoms with Crippen molar-refractivity contribution in [3.05, 3.63) is 56.1 Å². The first-order chi connectivity index (χ1) is 12.5. The van der Waals surface area contributed by atoms with Crippen molar-refractivity contribution < 1.29 is 24.1 Å². The van der Waals surface area contributed by atoms with Gasteiger partial charge in [0, 0.05) is 17.7 Å². The van der Waals surface area contributed by atoms with E-state index in [2.05, 4.69) is 10.5 Å². The van der Waals surface area contributed by atoms with Gasteiger partial charge in [-0.25, -0.2) is 0 Å². The second-order valence-electron chi connectivity index (χ2n) is 5.03. The molecule has 134 valence electrons. The van der Waals surface area contributed by atoms with Gasteiger partial charge in [0.25, 0.3) is 5.69 Å². The van der Waals surface area contributed by atoms with Crippen molar-refractivity contribution in [3.63, 3.8) is 0 Å². The third kappa shape index (κ3) is 3.31. The maximum absolute atomic E-state index is 11.1. The zero-order valence-corrected chi connectivity index (χ0v) is 13.4. The smallest absolute Gasteiger partial charge is 0.301 e. The molecule has 11 heteroatoms. The van der Waals surface area contributed by atoms with Gasteiger partial charge in [-0.2, -0.15) is 5.10 Å². The number of non-ortho nitro benzene ring substituents is 1. The summed E-state index contributed by atoms with van der Waals surface area (Å²) in [5.41, 5.74) is 2.22. The van der Waals surface area contributed by atoms with Crippen molar-refractivity contribution in [2.45, 2.75) is 0 Å².